The van der Waals surface area contributed by atoms with Crippen LogP contribution in [0.1, 0.15) is 12.8 Å². The van der Waals surface area contributed by atoms with E-state index in [1.165, 1.54) is 0 Å². The molecule has 0 aromatic heterocycles. The number of piperidine rings is 1. The molecular formula is C14H18F6N2O5. The van der Waals surface area contributed by atoms with Crippen LogP contribution in [-0.2, 0) is 9.59 Å². The molecule has 4 N–H and O–H groups in total. The summed E-state index contributed by atoms with van der Waals surface area (Å²) in [6.45, 7) is 4.48. The van der Waals surface area contributed by atoms with E-state index in [0.717, 1.165) is 45.1 Å². The van der Waals surface area contributed by atoms with Crippen LogP contribution in [0.5, 0.6) is 0 Å². The predicted octanol–water partition coefficient (Wildman–Crippen LogP) is 1.71. The number of rotatable bonds is 3. The molecule has 0 atom stereocenters. The predicted molar refractivity (Wildman–Crippen MR) is 79.4 cm³/mol. The topological polar surface area (TPSA) is 110 Å². The van der Waals surface area contributed by atoms with Gasteiger partial charge in [-0.1, -0.05) is 0 Å². The summed E-state index contributed by atoms with van der Waals surface area (Å²) in [6.07, 6.45) is -3.71. The van der Waals surface area contributed by atoms with E-state index in [9.17, 15) is 41.0 Å². The van der Waals surface area contributed by atoms with E-state index in [1.807, 2.05) is 0 Å². The molecule has 2 aliphatic rings. The van der Waals surface area contributed by atoms with Gasteiger partial charge in [0.2, 0.25) is 0 Å². The molecular weight excluding hydrogens is 390 g/mol. The SMILES string of the molecule is O=C(O)C(F)=C(F)F.O=C(O)C(F)=C(F)F.OC1CCN(C2CNC2)CC1. The summed E-state index contributed by atoms with van der Waals surface area (Å²) < 4.78 is 65.6. The normalized spacial score (nSPS) is 17.3. The highest BCUT2D eigenvalue weighted by atomic mass is 19.3. The fourth-order valence-electron chi connectivity index (χ4n) is 1.94. The summed E-state index contributed by atoms with van der Waals surface area (Å²) in [5.41, 5.74) is 0. The Morgan fingerprint density at radius 2 is 1.19 bits per heavy atom. The number of carboxylic acids is 2. The van der Waals surface area contributed by atoms with E-state index in [0.29, 0.717) is 0 Å². The minimum atomic E-state index is -2.81. The van der Waals surface area contributed by atoms with Gasteiger partial charge in [0.25, 0.3) is 11.7 Å². The van der Waals surface area contributed by atoms with Crippen LogP contribution < -0.4 is 5.32 Å². The van der Waals surface area contributed by atoms with Crippen molar-refractivity contribution in [3.63, 3.8) is 0 Å². The number of halogens is 6. The van der Waals surface area contributed by atoms with Crippen LogP contribution in [0.15, 0.2) is 23.8 Å². The second-order valence-electron chi connectivity index (χ2n) is 5.34. The standard InChI is InChI=1S/C8H16N2O.2C3HF3O2/c11-8-1-3-10(4-2-8)7-5-9-6-7;2*4-1(2(5)6)3(7)8/h7-9,11H,1-6H2;2*(H,7,8). The number of nitrogens with zero attached hydrogens (tertiary/aromatic N) is 1. The molecule has 2 fully saturated rings. The summed E-state index contributed by atoms with van der Waals surface area (Å²) in [5, 5.41) is 27.4. The summed E-state index contributed by atoms with van der Waals surface area (Å²) in [7, 11) is 0. The first-order chi connectivity index (χ1) is 12.5. The van der Waals surface area contributed by atoms with E-state index in [4.69, 9.17) is 10.2 Å². The Hall–Kier alpha value is -2.12. The lowest BCUT2D eigenvalue weighted by Crippen LogP contribution is -2.59. The largest absolute Gasteiger partial charge is 0.476 e. The number of aliphatic hydroxyl groups excluding tert-OH is 1. The highest BCUT2D eigenvalue weighted by Gasteiger charge is 2.27. The van der Waals surface area contributed by atoms with E-state index in [1.54, 1.807) is 0 Å². The summed E-state index contributed by atoms with van der Waals surface area (Å²) in [5.74, 6) is -9.29. The van der Waals surface area contributed by atoms with Crippen LogP contribution in [0.4, 0.5) is 26.3 Å². The molecule has 0 amide bonds. The van der Waals surface area contributed by atoms with E-state index in [2.05, 4.69) is 10.2 Å². The lowest BCUT2D eigenvalue weighted by molar-refractivity contribution is -0.135. The Kier molecular flexibility index (Phi) is 11.3. The molecule has 0 aromatic carbocycles. The Morgan fingerprint density at radius 3 is 1.37 bits per heavy atom. The highest BCUT2D eigenvalue weighted by Crippen LogP contribution is 2.14. The van der Waals surface area contributed by atoms with Crippen LogP contribution in [-0.4, -0.2) is 70.5 Å². The maximum Gasteiger partial charge on any atom is 0.370 e. The van der Waals surface area contributed by atoms with Crippen molar-refractivity contribution in [1.29, 1.82) is 0 Å². The first-order valence-corrected chi connectivity index (χ1v) is 7.48. The van der Waals surface area contributed by atoms with Crippen LogP contribution >= 0.6 is 0 Å². The van der Waals surface area contributed by atoms with Gasteiger partial charge in [0, 0.05) is 32.2 Å². The van der Waals surface area contributed by atoms with Gasteiger partial charge < -0.3 is 20.6 Å². The van der Waals surface area contributed by atoms with Crippen molar-refractivity contribution in [2.24, 2.45) is 0 Å². The van der Waals surface area contributed by atoms with Crippen molar-refractivity contribution in [1.82, 2.24) is 10.2 Å². The highest BCUT2D eigenvalue weighted by molar-refractivity contribution is 5.84. The molecule has 7 nitrogen and oxygen atoms in total. The van der Waals surface area contributed by atoms with E-state index in [-0.39, 0.29) is 6.10 Å². The van der Waals surface area contributed by atoms with E-state index >= 15 is 0 Å². The first kappa shape index (κ1) is 24.9. The van der Waals surface area contributed by atoms with Crippen LogP contribution in [0.2, 0.25) is 0 Å². The Balaban J connectivity index is 0.000000387. The maximum absolute atomic E-state index is 11.2. The van der Waals surface area contributed by atoms with Gasteiger partial charge >= 0.3 is 24.1 Å². The Morgan fingerprint density at radius 1 is 0.815 bits per heavy atom. The zero-order valence-corrected chi connectivity index (χ0v) is 13.8. The fraction of sp³-hybridized carbons (Fsp3) is 0.571. The monoisotopic (exact) mass is 408 g/mol. The van der Waals surface area contributed by atoms with Crippen LogP contribution in [0, 0.1) is 0 Å². The molecule has 0 aromatic rings. The second-order valence-corrected chi connectivity index (χ2v) is 5.34. The number of carboxylic acid groups (broad SMARTS) is 2. The van der Waals surface area contributed by atoms with Gasteiger partial charge in [0.15, 0.2) is 0 Å². The minimum Gasteiger partial charge on any atom is -0.476 e. The van der Waals surface area contributed by atoms with Crippen LogP contribution in [0.3, 0.4) is 0 Å². The van der Waals surface area contributed by atoms with Crippen molar-refractivity contribution in [2.75, 3.05) is 26.2 Å². The maximum atomic E-state index is 11.2. The lowest BCUT2D eigenvalue weighted by Gasteiger charge is -2.41. The fourth-order valence-corrected chi connectivity index (χ4v) is 1.94. The quantitative estimate of drug-likeness (QED) is 0.416. The molecule has 2 heterocycles. The van der Waals surface area contributed by atoms with E-state index < -0.39 is 35.8 Å². The van der Waals surface area contributed by atoms with Crippen LogP contribution in [0.25, 0.3) is 0 Å². The Labute approximate surface area is 149 Å². The molecule has 2 rings (SSSR count). The van der Waals surface area contributed by atoms with Gasteiger partial charge in [-0.05, 0) is 12.8 Å². The molecule has 0 bridgehead atoms. The average Bonchev–Trinajstić information content (AvgIpc) is 2.54. The number of nitrogens with one attached hydrogen (secondary N) is 1. The average molecular weight is 408 g/mol. The number of aliphatic hydroxyl groups is 1. The third-order valence-corrected chi connectivity index (χ3v) is 3.48. The summed E-state index contributed by atoms with van der Waals surface area (Å²) in [4.78, 5) is 20.9. The molecule has 0 unspecified atom stereocenters. The first-order valence-electron chi connectivity index (χ1n) is 7.48. The number of likely N-dealkylation sites (tertiary alicyclic amines) is 1. The Bertz CT molecular complexity index is 532. The van der Waals surface area contributed by atoms with Crippen molar-refractivity contribution < 1.29 is 51.3 Å². The van der Waals surface area contributed by atoms with Crippen molar-refractivity contribution in [3.8, 4) is 0 Å². The van der Waals surface area contributed by atoms with Gasteiger partial charge in [-0.2, -0.15) is 26.3 Å². The molecule has 156 valence electrons. The number of aliphatic carboxylic acids is 2. The van der Waals surface area contributed by atoms with Crippen molar-refractivity contribution in [2.45, 2.75) is 25.0 Å². The second kappa shape index (κ2) is 12.3. The summed E-state index contributed by atoms with van der Waals surface area (Å²) >= 11 is 0. The van der Waals surface area contributed by atoms with Crippen molar-refractivity contribution >= 4 is 11.9 Å². The molecule has 13 heteroatoms. The third kappa shape index (κ3) is 9.96. The third-order valence-electron chi connectivity index (χ3n) is 3.48. The van der Waals surface area contributed by atoms with Gasteiger partial charge in [-0.25, -0.2) is 9.59 Å². The lowest BCUT2D eigenvalue weighted by atomic mass is 10.0. The number of carbonyl (C=O) groups is 2. The minimum absolute atomic E-state index is 0.0284. The number of hydrogen-bond donors (Lipinski definition) is 4. The zero-order chi connectivity index (χ0) is 21.1. The number of hydrogen-bond acceptors (Lipinski definition) is 5. The van der Waals surface area contributed by atoms with Gasteiger partial charge in [0.1, 0.15) is 0 Å². The van der Waals surface area contributed by atoms with Gasteiger partial charge in [-0.15, -0.1) is 0 Å². The molecule has 0 aliphatic carbocycles. The molecule has 2 saturated heterocycles. The molecule has 27 heavy (non-hydrogen) atoms. The molecule has 0 saturated carbocycles. The summed E-state index contributed by atoms with van der Waals surface area (Å²) in [6, 6.07) is 0.766. The van der Waals surface area contributed by atoms with Gasteiger partial charge in [0.05, 0.1) is 6.10 Å². The molecule has 0 radical (unpaired) electrons. The molecule has 0 spiro atoms. The van der Waals surface area contributed by atoms with Gasteiger partial charge in [-0.3, -0.25) is 4.90 Å². The molecule has 2 aliphatic heterocycles. The van der Waals surface area contributed by atoms with Crippen molar-refractivity contribution in [3.05, 3.63) is 23.8 Å². The smallest absolute Gasteiger partial charge is 0.370 e. The zero-order valence-electron chi connectivity index (χ0n) is 13.8.